The first-order valence-electron chi connectivity index (χ1n) is 6.45. The van der Waals surface area contributed by atoms with E-state index in [2.05, 4.69) is 33.8 Å². The number of aryl methyl sites for hydroxylation is 1. The Kier molecular flexibility index (Phi) is 2.81. The van der Waals surface area contributed by atoms with Crippen molar-refractivity contribution in [1.82, 2.24) is 0 Å². The van der Waals surface area contributed by atoms with Crippen molar-refractivity contribution in [2.75, 3.05) is 23.7 Å². The van der Waals surface area contributed by atoms with Crippen LogP contribution in [0.4, 0.5) is 11.4 Å². The number of nitrogens with two attached hydrogens (primary N) is 1. The average Bonchev–Trinajstić information content (AvgIpc) is 2.83. The second-order valence-corrected chi connectivity index (χ2v) is 6.37. The largest absolute Gasteiger partial charge is 0.398 e. The molecule has 2 nitrogen and oxygen atoms in total. The molecule has 1 heterocycles. The van der Waals surface area contributed by atoms with Crippen molar-refractivity contribution in [3.05, 3.63) is 22.2 Å². The maximum atomic E-state index is 5.93. The first kappa shape index (κ1) is 11.4. The third-order valence-corrected chi connectivity index (χ3v) is 5.04. The zero-order chi connectivity index (χ0) is 12.0. The van der Waals surface area contributed by atoms with Crippen LogP contribution in [0.15, 0.2) is 16.6 Å². The van der Waals surface area contributed by atoms with Gasteiger partial charge in [0, 0.05) is 23.2 Å². The van der Waals surface area contributed by atoms with Gasteiger partial charge in [0.1, 0.15) is 0 Å². The molecule has 1 saturated heterocycles. The van der Waals surface area contributed by atoms with E-state index in [4.69, 9.17) is 5.73 Å². The number of benzene rings is 1. The van der Waals surface area contributed by atoms with E-state index in [-0.39, 0.29) is 0 Å². The van der Waals surface area contributed by atoms with Crippen molar-refractivity contribution in [2.24, 2.45) is 11.8 Å². The molecule has 1 saturated carbocycles. The summed E-state index contributed by atoms with van der Waals surface area (Å²) in [6.07, 6.45) is 4.28. The summed E-state index contributed by atoms with van der Waals surface area (Å²) >= 11 is 3.65. The van der Waals surface area contributed by atoms with E-state index in [1.54, 1.807) is 0 Å². The lowest BCUT2D eigenvalue weighted by atomic mass is 10.0. The van der Waals surface area contributed by atoms with Crippen molar-refractivity contribution in [3.8, 4) is 0 Å². The summed E-state index contributed by atoms with van der Waals surface area (Å²) in [5.74, 6) is 1.86. The SMILES string of the molecule is Cc1cc(N2CC3CCCC3C2)c(Br)cc1N. The molecule has 0 aromatic heterocycles. The topological polar surface area (TPSA) is 29.3 Å². The van der Waals surface area contributed by atoms with Crippen LogP contribution in [-0.2, 0) is 0 Å². The molecule has 0 spiro atoms. The van der Waals surface area contributed by atoms with Gasteiger partial charge in [0.25, 0.3) is 0 Å². The number of hydrogen-bond donors (Lipinski definition) is 1. The Morgan fingerprint density at radius 2 is 1.88 bits per heavy atom. The van der Waals surface area contributed by atoms with Gasteiger partial charge in [-0.05, 0) is 65.2 Å². The Balaban J connectivity index is 1.88. The van der Waals surface area contributed by atoms with Gasteiger partial charge < -0.3 is 10.6 Å². The standard InChI is InChI=1S/C14H19BrN2/c1-9-5-14(12(15)6-13(9)16)17-7-10-3-2-4-11(10)8-17/h5-6,10-11H,2-4,7-8,16H2,1H3. The van der Waals surface area contributed by atoms with Crippen LogP contribution >= 0.6 is 15.9 Å². The Bertz CT molecular complexity index is 432. The Morgan fingerprint density at radius 1 is 1.24 bits per heavy atom. The minimum Gasteiger partial charge on any atom is -0.398 e. The fourth-order valence-electron chi connectivity index (χ4n) is 3.36. The predicted octanol–water partition coefficient (Wildman–Crippen LogP) is 3.58. The zero-order valence-corrected chi connectivity index (χ0v) is 11.8. The van der Waals surface area contributed by atoms with Crippen LogP contribution in [0.1, 0.15) is 24.8 Å². The second kappa shape index (κ2) is 4.20. The number of nitrogen functional groups attached to an aromatic ring is 1. The molecule has 1 aromatic carbocycles. The first-order valence-corrected chi connectivity index (χ1v) is 7.25. The monoisotopic (exact) mass is 294 g/mol. The molecule has 0 bridgehead atoms. The van der Waals surface area contributed by atoms with E-state index in [9.17, 15) is 0 Å². The van der Waals surface area contributed by atoms with E-state index >= 15 is 0 Å². The van der Waals surface area contributed by atoms with Gasteiger partial charge in [0.2, 0.25) is 0 Å². The zero-order valence-electron chi connectivity index (χ0n) is 10.2. The Labute approximate surface area is 111 Å². The maximum absolute atomic E-state index is 5.93. The number of rotatable bonds is 1. The smallest absolute Gasteiger partial charge is 0.0515 e. The molecule has 17 heavy (non-hydrogen) atoms. The number of halogens is 1. The van der Waals surface area contributed by atoms with E-state index in [0.717, 1.165) is 22.0 Å². The van der Waals surface area contributed by atoms with Gasteiger partial charge in [-0.1, -0.05) is 6.42 Å². The first-order chi connectivity index (χ1) is 8.15. The third-order valence-electron chi connectivity index (χ3n) is 4.40. The molecule has 2 aliphatic rings. The maximum Gasteiger partial charge on any atom is 0.0515 e. The van der Waals surface area contributed by atoms with Crippen LogP contribution in [-0.4, -0.2) is 13.1 Å². The minimum atomic E-state index is 0.875. The fourth-order valence-corrected chi connectivity index (χ4v) is 3.97. The second-order valence-electron chi connectivity index (χ2n) is 5.52. The summed E-state index contributed by atoms with van der Waals surface area (Å²) in [4.78, 5) is 2.53. The van der Waals surface area contributed by atoms with Gasteiger partial charge in [-0.3, -0.25) is 0 Å². The normalized spacial score (nSPS) is 27.5. The van der Waals surface area contributed by atoms with Crippen molar-refractivity contribution in [1.29, 1.82) is 0 Å². The molecule has 2 unspecified atom stereocenters. The summed E-state index contributed by atoms with van der Waals surface area (Å²) in [6.45, 7) is 4.54. The molecule has 1 aromatic rings. The lowest BCUT2D eigenvalue weighted by Gasteiger charge is -2.22. The van der Waals surface area contributed by atoms with E-state index in [1.807, 2.05) is 6.07 Å². The van der Waals surface area contributed by atoms with Gasteiger partial charge in [0.15, 0.2) is 0 Å². The lowest BCUT2D eigenvalue weighted by molar-refractivity contribution is 0.494. The summed E-state index contributed by atoms with van der Waals surface area (Å²) < 4.78 is 1.14. The highest BCUT2D eigenvalue weighted by Crippen LogP contribution is 2.42. The highest BCUT2D eigenvalue weighted by atomic mass is 79.9. The Hall–Kier alpha value is -0.700. The number of anilines is 2. The van der Waals surface area contributed by atoms with E-state index < -0.39 is 0 Å². The van der Waals surface area contributed by atoms with Gasteiger partial charge in [0.05, 0.1) is 5.69 Å². The molecule has 92 valence electrons. The van der Waals surface area contributed by atoms with Crippen LogP contribution in [0, 0.1) is 18.8 Å². The predicted molar refractivity (Wildman–Crippen MR) is 76.3 cm³/mol. The van der Waals surface area contributed by atoms with Gasteiger partial charge >= 0.3 is 0 Å². The summed E-state index contributed by atoms with van der Waals surface area (Å²) in [5, 5.41) is 0. The van der Waals surface area contributed by atoms with Crippen molar-refractivity contribution < 1.29 is 0 Å². The molecule has 3 rings (SSSR count). The molecule has 1 aliphatic heterocycles. The highest BCUT2D eigenvalue weighted by molar-refractivity contribution is 9.10. The van der Waals surface area contributed by atoms with Crippen LogP contribution < -0.4 is 10.6 Å². The summed E-state index contributed by atoms with van der Waals surface area (Å²) in [7, 11) is 0. The number of nitrogens with zero attached hydrogens (tertiary/aromatic N) is 1. The molecule has 0 amide bonds. The van der Waals surface area contributed by atoms with Crippen molar-refractivity contribution in [2.45, 2.75) is 26.2 Å². The van der Waals surface area contributed by atoms with Gasteiger partial charge in [-0.2, -0.15) is 0 Å². The average molecular weight is 295 g/mol. The van der Waals surface area contributed by atoms with E-state index in [1.165, 1.54) is 43.6 Å². The molecule has 2 N–H and O–H groups in total. The Morgan fingerprint density at radius 3 is 2.53 bits per heavy atom. The van der Waals surface area contributed by atoms with Crippen molar-refractivity contribution in [3.63, 3.8) is 0 Å². The van der Waals surface area contributed by atoms with Gasteiger partial charge in [-0.25, -0.2) is 0 Å². The third kappa shape index (κ3) is 1.95. The molecule has 0 radical (unpaired) electrons. The van der Waals surface area contributed by atoms with Crippen LogP contribution in [0.3, 0.4) is 0 Å². The summed E-state index contributed by atoms with van der Waals surface area (Å²) in [6, 6.07) is 4.26. The summed E-state index contributed by atoms with van der Waals surface area (Å²) in [5.41, 5.74) is 9.31. The quantitative estimate of drug-likeness (QED) is 0.802. The van der Waals surface area contributed by atoms with Crippen LogP contribution in [0.5, 0.6) is 0 Å². The molecule has 2 fully saturated rings. The molecule has 1 aliphatic carbocycles. The highest BCUT2D eigenvalue weighted by Gasteiger charge is 2.36. The molecule has 3 heteroatoms. The number of hydrogen-bond acceptors (Lipinski definition) is 2. The molecule has 2 atom stereocenters. The number of fused-ring (bicyclic) bond motifs is 1. The molecular formula is C14H19BrN2. The van der Waals surface area contributed by atoms with Gasteiger partial charge in [-0.15, -0.1) is 0 Å². The minimum absolute atomic E-state index is 0.875. The van der Waals surface area contributed by atoms with Crippen molar-refractivity contribution >= 4 is 27.3 Å². The molecular weight excluding hydrogens is 276 g/mol. The lowest BCUT2D eigenvalue weighted by Crippen LogP contribution is -2.21. The fraction of sp³-hybridized carbons (Fsp3) is 0.571. The van der Waals surface area contributed by atoms with Crippen LogP contribution in [0.25, 0.3) is 0 Å². The van der Waals surface area contributed by atoms with Crippen LogP contribution in [0.2, 0.25) is 0 Å². The van der Waals surface area contributed by atoms with E-state index in [0.29, 0.717) is 0 Å².